The summed E-state index contributed by atoms with van der Waals surface area (Å²) in [5.74, 6) is 0.939. The summed E-state index contributed by atoms with van der Waals surface area (Å²) in [6, 6.07) is 9.11. The van der Waals surface area contributed by atoms with Gasteiger partial charge in [-0.3, -0.25) is 4.79 Å². The zero-order chi connectivity index (χ0) is 21.4. The maximum Gasteiger partial charge on any atom is 0.291 e. The van der Waals surface area contributed by atoms with Crippen molar-refractivity contribution in [2.45, 2.75) is 37.8 Å². The average molecular weight is 423 g/mol. The Morgan fingerprint density at radius 3 is 2.94 bits per heavy atom. The number of benzene rings is 1. The molecule has 2 aliphatic heterocycles. The van der Waals surface area contributed by atoms with Gasteiger partial charge in [0.15, 0.2) is 5.82 Å². The minimum absolute atomic E-state index is 0.0538. The molecular weight excluding hydrogens is 398 g/mol. The highest BCUT2D eigenvalue weighted by molar-refractivity contribution is 5.90. The summed E-state index contributed by atoms with van der Waals surface area (Å²) in [4.78, 5) is 19.1. The van der Waals surface area contributed by atoms with Crippen LogP contribution in [0.5, 0.6) is 0 Å². The lowest BCUT2D eigenvalue weighted by atomic mass is 10.1. The van der Waals surface area contributed by atoms with Crippen molar-refractivity contribution in [2.75, 3.05) is 20.3 Å². The van der Waals surface area contributed by atoms with Crippen LogP contribution in [0.15, 0.2) is 53.9 Å². The van der Waals surface area contributed by atoms with Crippen molar-refractivity contribution in [1.82, 2.24) is 25.0 Å². The second-order valence-corrected chi connectivity index (χ2v) is 7.91. The predicted molar refractivity (Wildman–Crippen MR) is 111 cm³/mol. The SMILES string of the molecule is CN1C2=C(C=CCC2)OC[C@H](NC(=O)c2nc3n(n2)[C@H](c2ccccc2)COC3)C1O. The van der Waals surface area contributed by atoms with Crippen molar-refractivity contribution in [1.29, 1.82) is 0 Å². The third-order valence-corrected chi connectivity index (χ3v) is 5.91. The van der Waals surface area contributed by atoms with Gasteiger partial charge in [-0.2, -0.15) is 0 Å². The number of carbonyl (C=O) groups excluding carboxylic acids is 1. The molecule has 2 aromatic rings. The molecule has 162 valence electrons. The van der Waals surface area contributed by atoms with Crippen LogP contribution in [-0.2, 0) is 16.1 Å². The summed E-state index contributed by atoms with van der Waals surface area (Å²) in [5.41, 5.74) is 1.98. The zero-order valence-corrected chi connectivity index (χ0v) is 17.3. The predicted octanol–water partition coefficient (Wildman–Crippen LogP) is 1.34. The minimum Gasteiger partial charge on any atom is -0.489 e. The van der Waals surface area contributed by atoms with Crippen LogP contribution in [0, 0.1) is 0 Å². The zero-order valence-electron chi connectivity index (χ0n) is 17.3. The fourth-order valence-electron chi connectivity index (χ4n) is 4.20. The lowest BCUT2D eigenvalue weighted by molar-refractivity contribution is 0.00463. The Kier molecular flexibility index (Phi) is 5.21. The number of allylic oxidation sites excluding steroid dienone is 3. The molecule has 9 nitrogen and oxygen atoms in total. The van der Waals surface area contributed by atoms with E-state index in [0.717, 1.165) is 29.9 Å². The third kappa shape index (κ3) is 3.70. The molecule has 0 saturated heterocycles. The van der Waals surface area contributed by atoms with Gasteiger partial charge in [0.1, 0.15) is 37.3 Å². The van der Waals surface area contributed by atoms with Gasteiger partial charge in [0.2, 0.25) is 5.82 Å². The molecule has 2 N–H and O–H groups in total. The summed E-state index contributed by atoms with van der Waals surface area (Å²) in [7, 11) is 1.81. The molecule has 0 saturated carbocycles. The van der Waals surface area contributed by atoms with Crippen molar-refractivity contribution in [3.05, 3.63) is 71.2 Å². The van der Waals surface area contributed by atoms with Crippen LogP contribution in [0.1, 0.15) is 40.9 Å². The summed E-state index contributed by atoms with van der Waals surface area (Å²) in [5, 5.41) is 18.1. The van der Waals surface area contributed by atoms with E-state index in [4.69, 9.17) is 9.47 Å². The largest absolute Gasteiger partial charge is 0.489 e. The van der Waals surface area contributed by atoms with E-state index in [1.807, 2.05) is 49.5 Å². The van der Waals surface area contributed by atoms with E-state index in [1.165, 1.54) is 0 Å². The number of hydrogen-bond acceptors (Lipinski definition) is 7. The van der Waals surface area contributed by atoms with Crippen LogP contribution in [0.2, 0.25) is 0 Å². The number of fused-ring (bicyclic) bond motifs is 1. The summed E-state index contributed by atoms with van der Waals surface area (Å²) < 4.78 is 13.3. The number of nitrogens with one attached hydrogen (secondary N) is 1. The molecule has 1 aromatic carbocycles. The molecule has 0 fully saturated rings. The highest BCUT2D eigenvalue weighted by atomic mass is 16.5. The molecule has 31 heavy (non-hydrogen) atoms. The molecule has 1 aliphatic carbocycles. The van der Waals surface area contributed by atoms with Gasteiger partial charge >= 0.3 is 0 Å². The topological polar surface area (TPSA) is 102 Å². The molecule has 3 heterocycles. The Morgan fingerprint density at radius 1 is 1.26 bits per heavy atom. The van der Waals surface area contributed by atoms with Crippen LogP contribution in [0.3, 0.4) is 0 Å². The van der Waals surface area contributed by atoms with E-state index in [-0.39, 0.29) is 18.5 Å². The Morgan fingerprint density at radius 2 is 2.10 bits per heavy atom. The highest BCUT2D eigenvalue weighted by Gasteiger charge is 2.34. The Bertz CT molecular complexity index is 1030. The van der Waals surface area contributed by atoms with Crippen molar-refractivity contribution >= 4 is 5.91 Å². The van der Waals surface area contributed by atoms with Crippen molar-refractivity contribution < 1.29 is 19.4 Å². The maximum absolute atomic E-state index is 12.9. The fraction of sp³-hybridized carbons (Fsp3) is 0.409. The standard InChI is InChI=1S/C22H25N5O4/c1-26-16-9-5-6-10-18(16)31-11-15(22(26)29)23-21(28)20-24-19-13-30-12-17(27(19)25-20)14-7-3-2-4-8-14/h2-4,6-8,10,15,17,22,29H,5,9,11-13H2,1H3,(H,23,28)/t15-,17-,22?/m0/s1. The van der Waals surface area contributed by atoms with Gasteiger partial charge in [0.05, 0.1) is 12.3 Å². The average Bonchev–Trinajstić information content (AvgIpc) is 3.22. The molecule has 3 atom stereocenters. The van der Waals surface area contributed by atoms with E-state index in [2.05, 4.69) is 15.4 Å². The smallest absolute Gasteiger partial charge is 0.291 e. The van der Waals surface area contributed by atoms with Crippen LogP contribution >= 0.6 is 0 Å². The van der Waals surface area contributed by atoms with Crippen molar-refractivity contribution in [2.24, 2.45) is 0 Å². The van der Waals surface area contributed by atoms with E-state index in [9.17, 15) is 9.90 Å². The quantitative estimate of drug-likeness (QED) is 0.768. The van der Waals surface area contributed by atoms with Gasteiger partial charge in [-0.1, -0.05) is 36.4 Å². The van der Waals surface area contributed by atoms with Gasteiger partial charge < -0.3 is 24.8 Å². The van der Waals surface area contributed by atoms with Gasteiger partial charge in [0.25, 0.3) is 5.91 Å². The van der Waals surface area contributed by atoms with E-state index >= 15 is 0 Å². The number of likely N-dealkylation sites (N-methyl/N-ethyl adjacent to an activating group) is 1. The lowest BCUT2D eigenvalue weighted by Gasteiger charge is -2.31. The van der Waals surface area contributed by atoms with E-state index < -0.39 is 18.2 Å². The molecule has 3 aliphatic rings. The number of nitrogens with zero attached hydrogens (tertiary/aromatic N) is 4. The van der Waals surface area contributed by atoms with Crippen LogP contribution < -0.4 is 5.32 Å². The Balaban J connectivity index is 1.34. The van der Waals surface area contributed by atoms with Crippen LogP contribution in [0.25, 0.3) is 0 Å². The maximum atomic E-state index is 12.9. The first-order valence-corrected chi connectivity index (χ1v) is 10.4. The Hall–Kier alpha value is -3.17. The summed E-state index contributed by atoms with van der Waals surface area (Å²) in [6.45, 7) is 0.917. The van der Waals surface area contributed by atoms with Gasteiger partial charge in [-0.15, -0.1) is 5.10 Å². The molecule has 5 rings (SSSR count). The first-order valence-electron chi connectivity index (χ1n) is 10.4. The number of rotatable bonds is 3. The fourth-order valence-corrected chi connectivity index (χ4v) is 4.20. The van der Waals surface area contributed by atoms with Gasteiger partial charge in [-0.05, 0) is 24.5 Å². The number of aliphatic hydroxyl groups is 1. The van der Waals surface area contributed by atoms with E-state index in [0.29, 0.717) is 19.0 Å². The molecule has 0 spiro atoms. The molecule has 9 heteroatoms. The number of ether oxygens (including phenoxy) is 2. The van der Waals surface area contributed by atoms with Gasteiger partial charge in [0, 0.05) is 7.05 Å². The molecule has 0 bridgehead atoms. The van der Waals surface area contributed by atoms with E-state index in [1.54, 1.807) is 9.58 Å². The molecule has 0 radical (unpaired) electrons. The second kappa shape index (κ2) is 8.16. The molecular formula is C22H25N5O4. The molecule has 1 unspecified atom stereocenters. The molecule has 1 aromatic heterocycles. The lowest BCUT2D eigenvalue weighted by Crippen LogP contribution is -2.51. The monoisotopic (exact) mass is 423 g/mol. The van der Waals surface area contributed by atoms with Crippen LogP contribution in [-0.4, -0.2) is 63.2 Å². The number of amides is 1. The number of aromatic nitrogens is 3. The molecule has 1 amide bonds. The summed E-state index contributed by atoms with van der Waals surface area (Å²) >= 11 is 0. The minimum atomic E-state index is -0.916. The van der Waals surface area contributed by atoms with Crippen molar-refractivity contribution in [3.63, 3.8) is 0 Å². The highest BCUT2D eigenvalue weighted by Crippen LogP contribution is 2.28. The number of hydrogen-bond donors (Lipinski definition) is 2. The normalized spacial score (nSPS) is 25.4. The van der Waals surface area contributed by atoms with Gasteiger partial charge in [-0.25, -0.2) is 9.67 Å². The Labute approximate surface area is 180 Å². The summed E-state index contributed by atoms with van der Waals surface area (Å²) in [6.07, 6.45) is 4.73. The number of aliphatic hydroxyl groups excluding tert-OH is 1. The first kappa shape index (κ1) is 19.8. The number of carbonyl (C=O) groups is 1. The third-order valence-electron chi connectivity index (χ3n) is 5.91. The van der Waals surface area contributed by atoms with Crippen molar-refractivity contribution in [3.8, 4) is 0 Å². The first-order chi connectivity index (χ1) is 15.1. The van der Waals surface area contributed by atoms with Crippen LogP contribution in [0.4, 0.5) is 0 Å². The second-order valence-electron chi connectivity index (χ2n) is 7.91.